The van der Waals surface area contributed by atoms with E-state index in [-0.39, 0.29) is 10.8 Å². The molecule has 0 unspecified atom stereocenters. The second kappa shape index (κ2) is 8.42. The average molecular weight is 412 g/mol. The first kappa shape index (κ1) is 19.7. The molecule has 1 aliphatic rings. The number of piperidine rings is 1. The molecule has 0 bridgehead atoms. The summed E-state index contributed by atoms with van der Waals surface area (Å²) in [4.78, 5) is 7.12. The monoisotopic (exact) mass is 411 g/mol. The van der Waals surface area contributed by atoms with Crippen LogP contribution >= 0.6 is 0 Å². The summed E-state index contributed by atoms with van der Waals surface area (Å²) in [6.45, 7) is 4.45. The maximum atomic E-state index is 12.8. The summed E-state index contributed by atoms with van der Waals surface area (Å²) >= 11 is 0. The number of likely N-dealkylation sites (tertiary alicyclic amines) is 1. The van der Waals surface area contributed by atoms with E-state index in [1.807, 2.05) is 31.2 Å². The van der Waals surface area contributed by atoms with Crippen molar-refractivity contribution in [3.8, 4) is 0 Å². The number of aromatic nitrogens is 3. The minimum Gasteiger partial charge on any atom is -0.296 e. The van der Waals surface area contributed by atoms with Gasteiger partial charge in [0.2, 0.25) is 0 Å². The summed E-state index contributed by atoms with van der Waals surface area (Å²) in [6, 6.07) is 14.5. The molecule has 0 amide bonds. The Morgan fingerprint density at radius 3 is 2.52 bits per heavy atom. The Morgan fingerprint density at radius 1 is 1.03 bits per heavy atom. The molecule has 3 aromatic rings. The van der Waals surface area contributed by atoms with Crippen LogP contribution in [-0.2, 0) is 9.84 Å². The van der Waals surface area contributed by atoms with Gasteiger partial charge in [0, 0.05) is 0 Å². The zero-order chi connectivity index (χ0) is 20.3. The minimum atomic E-state index is -3.52. The molecule has 0 spiro atoms. The number of hydrogen-bond acceptors (Lipinski definition) is 6. The Morgan fingerprint density at radius 2 is 1.76 bits per heavy atom. The van der Waals surface area contributed by atoms with Gasteiger partial charge in [-0.3, -0.25) is 9.89 Å². The molecular weight excluding hydrogens is 386 g/mol. The van der Waals surface area contributed by atoms with Gasteiger partial charge in [0.15, 0.2) is 9.84 Å². The summed E-state index contributed by atoms with van der Waals surface area (Å²) in [7, 11) is -3.52. The van der Waals surface area contributed by atoms with E-state index < -0.39 is 9.84 Å². The molecule has 2 aromatic carbocycles. The molecule has 1 aromatic heterocycles. The zero-order valence-corrected chi connectivity index (χ0v) is 17.3. The summed E-state index contributed by atoms with van der Waals surface area (Å²) in [6.07, 6.45) is 3.52. The van der Waals surface area contributed by atoms with Crippen molar-refractivity contribution in [3.05, 3.63) is 54.1 Å². The third-order valence-electron chi connectivity index (χ3n) is 5.21. The van der Waals surface area contributed by atoms with Crippen LogP contribution in [0.5, 0.6) is 0 Å². The Labute approximate surface area is 171 Å². The molecule has 0 atom stereocenters. The molecule has 0 N–H and O–H groups in total. The van der Waals surface area contributed by atoms with E-state index in [2.05, 4.69) is 20.2 Å². The van der Waals surface area contributed by atoms with Crippen LogP contribution in [-0.4, -0.2) is 59.7 Å². The first-order valence-corrected chi connectivity index (χ1v) is 11.5. The third kappa shape index (κ3) is 4.54. The van der Waals surface area contributed by atoms with Gasteiger partial charge < -0.3 is 0 Å². The van der Waals surface area contributed by atoms with Crippen LogP contribution in [0.4, 0.5) is 0 Å². The van der Waals surface area contributed by atoms with Crippen LogP contribution in [0, 0.1) is 6.92 Å². The first-order valence-electron chi connectivity index (χ1n) is 9.89. The second-order valence-corrected chi connectivity index (χ2v) is 9.42. The number of benzene rings is 2. The highest BCUT2D eigenvalue weighted by Gasteiger charge is 2.19. The minimum absolute atomic E-state index is 0.285. The van der Waals surface area contributed by atoms with Crippen LogP contribution in [0.15, 0.2) is 58.4 Å². The lowest BCUT2D eigenvalue weighted by atomic mass is 10.1. The van der Waals surface area contributed by atoms with Crippen molar-refractivity contribution in [1.82, 2.24) is 19.9 Å². The smallest absolute Gasteiger partial charge is 0.198 e. The Kier molecular flexibility index (Phi) is 5.73. The molecule has 2 heterocycles. The zero-order valence-electron chi connectivity index (χ0n) is 16.5. The quantitative estimate of drug-likeness (QED) is 0.476. The molecule has 0 saturated carbocycles. The molecule has 29 heavy (non-hydrogen) atoms. The number of aryl methyl sites for hydroxylation is 1. The van der Waals surface area contributed by atoms with Crippen molar-refractivity contribution < 1.29 is 8.42 Å². The predicted octanol–water partition coefficient (Wildman–Crippen LogP) is 2.90. The third-order valence-corrected chi connectivity index (χ3v) is 6.67. The molecular formula is C21H25N5O2S. The van der Waals surface area contributed by atoms with Gasteiger partial charge in [-0.2, -0.15) is 4.68 Å². The SMILES string of the molecule is Cc1ccc(S(=O)(=O)C/N=C(\CN2CCCCC2)n2nnc3ccccc32)cc1. The van der Waals surface area contributed by atoms with Crippen molar-refractivity contribution in [3.63, 3.8) is 0 Å². The summed E-state index contributed by atoms with van der Waals surface area (Å²) < 4.78 is 27.3. The Hall–Kier alpha value is -2.58. The van der Waals surface area contributed by atoms with E-state index in [0.717, 1.165) is 42.5 Å². The van der Waals surface area contributed by atoms with Crippen LogP contribution in [0.2, 0.25) is 0 Å². The number of rotatable bonds is 5. The Bertz CT molecular complexity index is 1110. The molecule has 1 aliphatic heterocycles. The van der Waals surface area contributed by atoms with Crippen LogP contribution in [0.3, 0.4) is 0 Å². The van der Waals surface area contributed by atoms with Crippen molar-refractivity contribution in [1.29, 1.82) is 0 Å². The molecule has 1 saturated heterocycles. The van der Waals surface area contributed by atoms with Gasteiger partial charge in [0.1, 0.15) is 17.2 Å². The van der Waals surface area contributed by atoms with Gasteiger partial charge >= 0.3 is 0 Å². The van der Waals surface area contributed by atoms with E-state index in [1.54, 1.807) is 28.9 Å². The van der Waals surface area contributed by atoms with Gasteiger partial charge in [-0.1, -0.05) is 41.5 Å². The van der Waals surface area contributed by atoms with Gasteiger partial charge in [-0.25, -0.2) is 8.42 Å². The maximum absolute atomic E-state index is 12.8. The van der Waals surface area contributed by atoms with Crippen LogP contribution in [0.1, 0.15) is 24.8 Å². The summed E-state index contributed by atoms with van der Waals surface area (Å²) in [5, 5.41) is 8.47. The standard InChI is InChI=1S/C21H25N5O2S/c1-17-9-11-18(12-10-17)29(27,28)16-22-21(15-25-13-5-2-6-14-25)26-20-8-4-3-7-19(20)23-24-26/h3-4,7-12H,2,5-6,13-16H2,1H3/b22-21+. The largest absolute Gasteiger partial charge is 0.296 e. The highest BCUT2D eigenvalue weighted by Crippen LogP contribution is 2.15. The van der Waals surface area contributed by atoms with Crippen LogP contribution < -0.4 is 0 Å². The van der Waals surface area contributed by atoms with Gasteiger partial charge in [-0.15, -0.1) is 5.10 Å². The lowest BCUT2D eigenvalue weighted by Gasteiger charge is -2.26. The second-order valence-electron chi connectivity index (χ2n) is 7.46. The molecule has 4 rings (SSSR count). The van der Waals surface area contributed by atoms with Gasteiger partial charge in [0.25, 0.3) is 0 Å². The predicted molar refractivity (Wildman–Crippen MR) is 114 cm³/mol. The van der Waals surface area contributed by atoms with E-state index in [4.69, 9.17) is 0 Å². The van der Waals surface area contributed by atoms with Crippen molar-refractivity contribution in [2.45, 2.75) is 31.1 Å². The molecule has 0 radical (unpaired) electrons. The number of sulfone groups is 1. The van der Waals surface area contributed by atoms with Gasteiger partial charge in [-0.05, 0) is 57.1 Å². The number of hydrogen-bond donors (Lipinski definition) is 0. The van der Waals surface area contributed by atoms with E-state index in [1.165, 1.54) is 6.42 Å². The fraction of sp³-hybridized carbons (Fsp3) is 0.381. The molecule has 8 heteroatoms. The van der Waals surface area contributed by atoms with Crippen molar-refractivity contribution >= 4 is 26.7 Å². The summed E-state index contributed by atoms with van der Waals surface area (Å²) in [5.74, 6) is 0.296. The molecule has 7 nitrogen and oxygen atoms in total. The first-order chi connectivity index (χ1) is 14.0. The topological polar surface area (TPSA) is 80.5 Å². The number of fused-ring (bicyclic) bond motifs is 1. The fourth-order valence-electron chi connectivity index (χ4n) is 3.54. The molecule has 0 aliphatic carbocycles. The Balaban J connectivity index is 1.66. The molecule has 152 valence electrons. The lowest BCUT2D eigenvalue weighted by Crippen LogP contribution is -2.37. The highest BCUT2D eigenvalue weighted by molar-refractivity contribution is 7.91. The van der Waals surface area contributed by atoms with Crippen LogP contribution in [0.25, 0.3) is 11.0 Å². The number of para-hydroxylation sites is 1. The van der Waals surface area contributed by atoms with Crippen molar-refractivity contribution in [2.24, 2.45) is 4.99 Å². The summed E-state index contributed by atoms with van der Waals surface area (Å²) in [5.41, 5.74) is 2.61. The maximum Gasteiger partial charge on any atom is 0.198 e. The van der Waals surface area contributed by atoms with E-state index in [0.29, 0.717) is 12.4 Å². The number of aliphatic imine (C=N–C) groups is 1. The fourth-order valence-corrected chi connectivity index (χ4v) is 4.56. The lowest BCUT2D eigenvalue weighted by molar-refractivity contribution is 0.256. The van der Waals surface area contributed by atoms with E-state index >= 15 is 0 Å². The highest BCUT2D eigenvalue weighted by atomic mass is 32.2. The number of nitrogens with zero attached hydrogens (tertiary/aromatic N) is 5. The molecule has 1 fully saturated rings. The van der Waals surface area contributed by atoms with E-state index in [9.17, 15) is 8.42 Å². The normalized spacial score (nSPS) is 16.4. The van der Waals surface area contributed by atoms with Gasteiger partial charge in [0.05, 0.1) is 17.0 Å². The average Bonchev–Trinajstić information content (AvgIpc) is 3.16. The van der Waals surface area contributed by atoms with Crippen molar-refractivity contribution in [2.75, 3.05) is 25.5 Å².